The molecule has 14 heavy (non-hydrogen) atoms. The molecule has 0 saturated carbocycles. The lowest BCUT2D eigenvalue weighted by Crippen LogP contribution is -2.29. The summed E-state index contributed by atoms with van der Waals surface area (Å²) < 4.78 is 30.1. The van der Waals surface area contributed by atoms with Crippen LogP contribution in [-0.4, -0.2) is 11.2 Å². The first-order valence-electron chi connectivity index (χ1n) is 4.40. The quantitative estimate of drug-likeness (QED) is 0.752. The van der Waals surface area contributed by atoms with Crippen LogP contribution in [-0.2, 0) is 13.0 Å². The van der Waals surface area contributed by atoms with Crippen molar-refractivity contribution in [2.24, 2.45) is 0 Å². The molecule has 0 unspecified atom stereocenters. The predicted molar refractivity (Wildman–Crippen MR) is 46.3 cm³/mol. The normalized spacial score (nSPS) is 18.5. The molecule has 0 aromatic heterocycles. The molecule has 76 valence electrons. The van der Waals surface area contributed by atoms with E-state index in [1.165, 1.54) is 6.07 Å². The third kappa shape index (κ3) is 1.70. The molecule has 1 aliphatic rings. The van der Waals surface area contributed by atoms with E-state index in [9.17, 15) is 8.78 Å². The van der Waals surface area contributed by atoms with Crippen LogP contribution >= 0.6 is 0 Å². The molecule has 2 nitrogen and oxygen atoms in total. The molecule has 0 amide bonds. The molecule has 1 aliphatic heterocycles. The number of aliphatic hydroxyl groups excluding tert-OH is 1. The van der Waals surface area contributed by atoms with Crippen LogP contribution in [0.25, 0.3) is 0 Å². The molecular formula is C10H10F2O2. The van der Waals surface area contributed by atoms with Gasteiger partial charge in [0.05, 0.1) is 13.0 Å². The second-order valence-corrected chi connectivity index (χ2v) is 3.34. The number of fused-ring (bicyclic) bond motifs is 1. The predicted octanol–water partition coefficient (Wildman–Crippen LogP) is 2.10. The van der Waals surface area contributed by atoms with Crippen LogP contribution in [0.1, 0.15) is 17.5 Å². The van der Waals surface area contributed by atoms with Crippen molar-refractivity contribution >= 4 is 0 Å². The minimum absolute atomic E-state index is 0.0797. The molecule has 0 bridgehead atoms. The number of rotatable bonds is 1. The standard InChI is InChI=1S/C10H10F2O2/c11-10(12)4-3-8-5-7(6-13)1-2-9(8)14-10/h1-2,5,13H,3-4,6H2. The van der Waals surface area contributed by atoms with Crippen molar-refractivity contribution in [2.45, 2.75) is 25.6 Å². The van der Waals surface area contributed by atoms with Crippen molar-refractivity contribution in [3.63, 3.8) is 0 Å². The van der Waals surface area contributed by atoms with Crippen LogP contribution in [0.2, 0.25) is 0 Å². The van der Waals surface area contributed by atoms with Crippen molar-refractivity contribution < 1.29 is 18.6 Å². The number of ether oxygens (including phenoxy) is 1. The highest BCUT2D eigenvalue weighted by Crippen LogP contribution is 2.35. The maximum absolute atomic E-state index is 12.8. The molecule has 1 heterocycles. The molecule has 0 radical (unpaired) electrons. The number of aliphatic hydroxyl groups is 1. The highest BCUT2D eigenvalue weighted by atomic mass is 19.3. The molecule has 1 aromatic rings. The lowest BCUT2D eigenvalue weighted by molar-refractivity contribution is -0.187. The molecule has 2 rings (SSSR count). The average molecular weight is 200 g/mol. The summed E-state index contributed by atoms with van der Waals surface area (Å²) in [6, 6.07) is 4.76. The Morgan fingerprint density at radius 2 is 2.21 bits per heavy atom. The van der Waals surface area contributed by atoms with Gasteiger partial charge < -0.3 is 9.84 Å². The van der Waals surface area contributed by atoms with E-state index >= 15 is 0 Å². The summed E-state index contributed by atoms with van der Waals surface area (Å²) in [7, 11) is 0. The number of aryl methyl sites for hydroxylation is 1. The number of alkyl halides is 2. The highest BCUT2D eigenvalue weighted by Gasteiger charge is 2.35. The van der Waals surface area contributed by atoms with Crippen LogP contribution in [0, 0.1) is 0 Å². The van der Waals surface area contributed by atoms with E-state index in [1.807, 2.05) is 0 Å². The number of hydrogen-bond donors (Lipinski definition) is 1. The minimum Gasteiger partial charge on any atom is -0.432 e. The number of hydrogen-bond acceptors (Lipinski definition) is 2. The van der Waals surface area contributed by atoms with Gasteiger partial charge in [-0.1, -0.05) is 6.07 Å². The fourth-order valence-electron chi connectivity index (χ4n) is 1.52. The molecular weight excluding hydrogens is 190 g/mol. The van der Waals surface area contributed by atoms with Gasteiger partial charge >= 0.3 is 6.11 Å². The Balaban J connectivity index is 2.32. The molecule has 1 aromatic carbocycles. The van der Waals surface area contributed by atoms with Crippen molar-refractivity contribution in [3.8, 4) is 5.75 Å². The highest BCUT2D eigenvalue weighted by molar-refractivity contribution is 5.38. The number of benzene rings is 1. The maximum Gasteiger partial charge on any atom is 0.398 e. The third-order valence-corrected chi connectivity index (χ3v) is 2.25. The van der Waals surface area contributed by atoms with Gasteiger partial charge in [-0.3, -0.25) is 0 Å². The molecule has 0 spiro atoms. The Labute approximate surface area is 80.1 Å². The largest absolute Gasteiger partial charge is 0.432 e. The zero-order chi connectivity index (χ0) is 10.2. The van der Waals surface area contributed by atoms with E-state index in [4.69, 9.17) is 5.11 Å². The van der Waals surface area contributed by atoms with Crippen LogP contribution in [0.15, 0.2) is 18.2 Å². The first-order valence-corrected chi connectivity index (χ1v) is 4.40. The first kappa shape index (κ1) is 9.40. The van der Waals surface area contributed by atoms with Crippen LogP contribution in [0.4, 0.5) is 8.78 Å². The maximum atomic E-state index is 12.8. The van der Waals surface area contributed by atoms with Crippen LogP contribution in [0.5, 0.6) is 5.75 Å². The lowest BCUT2D eigenvalue weighted by atomic mass is 10.0. The van der Waals surface area contributed by atoms with Gasteiger partial charge in [-0.25, -0.2) is 0 Å². The average Bonchev–Trinajstić information content (AvgIpc) is 2.16. The molecule has 4 heteroatoms. The van der Waals surface area contributed by atoms with Crippen molar-refractivity contribution in [2.75, 3.05) is 0 Å². The summed E-state index contributed by atoms with van der Waals surface area (Å²) in [6.45, 7) is -0.0797. The van der Waals surface area contributed by atoms with E-state index in [0.717, 1.165) is 11.1 Å². The van der Waals surface area contributed by atoms with E-state index < -0.39 is 6.11 Å². The smallest absolute Gasteiger partial charge is 0.398 e. The Morgan fingerprint density at radius 1 is 1.43 bits per heavy atom. The van der Waals surface area contributed by atoms with E-state index in [2.05, 4.69) is 4.74 Å². The molecule has 0 saturated heterocycles. The fraction of sp³-hybridized carbons (Fsp3) is 0.400. The van der Waals surface area contributed by atoms with Crippen molar-refractivity contribution in [1.82, 2.24) is 0 Å². The zero-order valence-electron chi connectivity index (χ0n) is 7.46. The van der Waals surface area contributed by atoms with Gasteiger partial charge in [0.2, 0.25) is 0 Å². The summed E-state index contributed by atoms with van der Waals surface area (Å²) in [6.07, 6.45) is -3.06. The van der Waals surface area contributed by atoms with Gasteiger partial charge in [-0.2, -0.15) is 8.78 Å². The van der Waals surface area contributed by atoms with Crippen molar-refractivity contribution in [1.29, 1.82) is 0 Å². The SMILES string of the molecule is OCc1ccc2c(c1)CCC(F)(F)O2. The lowest BCUT2D eigenvalue weighted by Gasteiger charge is -2.25. The monoisotopic (exact) mass is 200 g/mol. The summed E-state index contributed by atoms with van der Waals surface area (Å²) >= 11 is 0. The summed E-state index contributed by atoms with van der Waals surface area (Å²) in [4.78, 5) is 0. The summed E-state index contributed by atoms with van der Waals surface area (Å²) in [5, 5.41) is 8.85. The molecule has 0 aliphatic carbocycles. The Hall–Kier alpha value is -1.16. The third-order valence-electron chi connectivity index (χ3n) is 2.25. The molecule has 0 fully saturated rings. The van der Waals surface area contributed by atoms with Crippen LogP contribution in [0.3, 0.4) is 0 Å². The topological polar surface area (TPSA) is 29.5 Å². The first-order chi connectivity index (χ1) is 6.61. The Morgan fingerprint density at radius 3 is 2.93 bits per heavy atom. The summed E-state index contributed by atoms with van der Waals surface area (Å²) in [5.41, 5.74) is 1.46. The van der Waals surface area contributed by atoms with Gasteiger partial charge in [0.25, 0.3) is 0 Å². The zero-order valence-corrected chi connectivity index (χ0v) is 7.46. The van der Waals surface area contributed by atoms with E-state index in [-0.39, 0.29) is 25.2 Å². The van der Waals surface area contributed by atoms with Gasteiger partial charge in [-0.05, 0) is 29.7 Å². The van der Waals surface area contributed by atoms with Crippen LogP contribution < -0.4 is 4.74 Å². The Kier molecular flexibility index (Phi) is 2.15. The number of halogens is 2. The summed E-state index contributed by atoms with van der Waals surface area (Å²) in [5.74, 6) is 0.221. The second-order valence-electron chi connectivity index (χ2n) is 3.34. The van der Waals surface area contributed by atoms with Gasteiger partial charge in [-0.15, -0.1) is 0 Å². The van der Waals surface area contributed by atoms with Gasteiger partial charge in [0.15, 0.2) is 0 Å². The van der Waals surface area contributed by atoms with E-state index in [0.29, 0.717) is 0 Å². The fourth-order valence-corrected chi connectivity index (χ4v) is 1.52. The minimum atomic E-state index is -3.05. The Bertz CT molecular complexity index is 350. The van der Waals surface area contributed by atoms with Gasteiger partial charge in [0, 0.05) is 0 Å². The second kappa shape index (κ2) is 3.20. The van der Waals surface area contributed by atoms with Gasteiger partial charge in [0.1, 0.15) is 5.75 Å². The molecule has 0 atom stereocenters. The van der Waals surface area contributed by atoms with Crippen molar-refractivity contribution in [3.05, 3.63) is 29.3 Å². The molecule has 1 N–H and O–H groups in total. The van der Waals surface area contributed by atoms with E-state index in [1.54, 1.807) is 12.1 Å².